The zero-order valence-electron chi connectivity index (χ0n) is 17.9. The molecule has 0 aliphatic carbocycles. The first kappa shape index (κ1) is 22.3. The number of benzene rings is 2. The van der Waals surface area contributed by atoms with Crippen molar-refractivity contribution in [1.29, 1.82) is 0 Å². The van der Waals surface area contributed by atoms with Crippen molar-refractivity contribution in [3.05, 3.63) is 65.2 Å². The predicted molar refractivity (Wildman–Crippen MR) is 115 cm³/mol. The molecule has 0 radical (unpaired) electrons. The summed E-state index contributed by atoms with van der Waals surface area (Å²) in [6, 6.07) is 12.9. The molecule has 4 rings (SSSR count). The summed E-state index contributed by atoms with van der Waals surface area (Å²) in [4.78, 5) is 31.1. The molecule has 1 atom stereocenters. The summed E-state index contributed by atoms with van der Waals surface area (Å²) >= 11 is 0. The summed E-state index contributed by atoms with van der Waals surface area (Å²) in [5.74, 6) is -0.616. The maximum Gasteiger partial charge on any atom is 0.417 e. The van der Waals surface area contributed by atoms with Crippen LogP contribution in [0.5, 0.6) is 0 Å². The van der Waals surface area contributed by atoms with E-state index in [9.17, 15) is 22.8 Å². The van der Waals surface area contributed by atoms with E-state index in [4.69, 9.17) is 0 Å². The highest BCUT2D eigenvalue weighted by Crippen LogP contribution is 2.33. The third-order valence-electron chi connectivity index (χ3n) is 6.27. The Balaban J connectivity index is 1.39. The molecule has 2 aromatic carbocycles. The Morgan fingerprint density at radius 3 is 2.34 bits per heavy atom. The van der Waals surface area contributed by atoms with E-state index in [0.717, 1.165) is 30.2 Å². The molecule has 2 aliphatic rings. The van der Waals surface area contributed by atoms with Crippen LogP contribution in [0.15, 0.2) is 48.5 Å². The van der Waals surface area contributed by atoms with Crippen molar-refractivity contribution in [2.75, 3.05) is 37.6 Å². The van der Waals surface area contributed by atoms with Gasteiger partial charge in [0.2, 0.25) is 5.91 Å². The minimum atomic E-state index is -4.58. The van der Waals surface area contributed by atoms with Crippen molar-refractivity contribution in [2.45, 2.75) is 32.0 Å². The lowest BCUT2D eigenvalue weighted by atomic mass is 9.96. The van der Waals surface area contributed by atoms with Crippen LogP contribution in [0.1, 0.15) is 34.8 Å². The molecular weight excluding hydrogens is 419 g/mol. The molecule has 1 fully saturated rings. The second-order valence-corrected chi connectivity index (χ2v) is 8.39. The smallest absolute Gasteiger partial charge is 0.336 e. The lowest BCUT2D eigenvalue weighted by Crippen LogP contribution is -2.53. The number of hydrogen-bond acceptors (Lipinski definition) is 3. The van der Waals surface area contributed by atoms with Crippen LogP contribution in [0.25, 0.3) is 0 Å². The average molecular weight is 445 g/mol. The number of alkyl halides is 3. The number of halogens is 3. The van der Waals surface area contributed by atoms with E-state index in [1.54, 1.807) is 0 Å². The van der Waals surface area contributed by atoms with Gasteiger partial charge in [-0.15, -0.1) is 0 Å². The highest BCUT2D eigenvalue weighted by molar-refractivity contribution is 5.97. The number of nitrogens with zero attached hydrogens (tertiary/aromatic N) is 3. The molecule has 1 unspecified atom stereocenters. The number of carbonyl (C=O) groups is 2. The minimum Gasteiger partial charge on any atom is -0.336 e. The Morgan fingerprint density at radius 1 is 0.969 bits per heavy atom. The highest BCUT2D eigenvalue weighted by Gasteiger charge is 2.36. The number of piperazine rings is 1. The summed E-state index contributed by atoms with van der Waals surface area (Å²) in [6.07, 6.45) is -2.73. The lowest BCUT2D eigenvalue weighted by Gasteiger charge is -2.39. The third-order valence-corrected chi connectivity index (χ3v) is 6.27. The summed E-state index contributed by atoms with van der Waals surface area (Å²) in [7, 11) is 0. The molecule has 0 N–H and O–H groups in total. The van der Waals surface area contributed by atoms with E-state index in [-0.39, 0.29) is 37.1 Å². The van der Waals surface area contributed by atoms with Crippen molar-refractivity contribution in [3.63, 3.8) is 0 Å². The summed E-state index contributed by atoms with van der Waals surface area (Å²) in [5.41, 5.74) is 0.871. The van der Waals surface area contributed by atoms with Gasteiger partial charge in [-0.3, -0.25) is 14.5 Å². The van der Waals surface area contributed by atoms with Crippen molar-refractivity contribution in [3.8, 4) is 0 Å². The molecule has 2 aromatic rings. The average Bonchev–Trinajstić information content (AvgIpc) is 2.78. The molecule has 5 nitrogen and oxygen atoms in total. The number of amides is 2. The van der Waals surface area contributed by atoms with E-state index in [2.05, 4.69) is 0 Å². The van der Waals surface area contributed by atoms with Gasteiger partial charge in [-0.05, 0) is 43.5 Å². The summed E-state index contributed by atoms with van der Waals surface area (Å²) in [5, 5.41) is 0. The van der Waals surface area contributed by atoms with Crippen LogP contribution in [0, 0.1) is 0 Å². The molecule has 32 heavy (non-hydrogen) atoms. The standard InChI is InChI=1S/C24H26F3N3O2/c1-17-10-11-18-6-2-5-9-21(18)30(17)22(31)16-28-12-14-29(15-13-28)23(32)19-7-3-4-8-20(19)24(25,26)27/h2-9,17H,10-16H2,1H3. The molecule has 0 saturated carbocycles. The second-order valence-electron chi connectivity index (χ2n) is 8.39. The first-order valence-corrected chi connectivity index (χ1v) is 10.8. The fourth-order valence-electron chi connectivity index (χ4n) is 4.53. The first-order chi connectivity index (χ1) is 15.3. The fourth-order valence-corrected chi connectivity index (χ4v) is 4.53. The monoisotopic (exact) mass is 445 g/mol. The fraction of sp³-hybridized carbons (Fsp3) is 0.417. The Bertz CT molecular complexity index is 1000. The summed E-state index contributed by atoms with van der Waals surface area (Å²) < 4.78 is 39.8. The lowest BCUT2D eigenvalue weighted by molar-refractivity contribution is -0.138. The zero-order valence-corrected chi connectivity index (χ0v) is 17.9. The van der Waals surface area contributed by atoms with Crippen LogP contribution < -0.4 is 4.90 Å². The zero-order chi connectivity index (χ0) is 22.9. The molecule has 170 valence electrons. The topological polar surface area (TPSA) is 43.9 Å². The van der Waals surface area contributed by atoms with Crippen LogP contribution in [-0.4, -0.2) is 60.4 Å². The molecule has 0 aromatic heterocycles. The molecule has 1 saturated heterocycles. The molecule has 2 aliphatic heterocycles. The number of fused-ring (bicyclic) bond motifs is 1. The van der Waals surface area contributed by atoms with Crippen LogP contribution in [-0.2, 0) is 17.4 Å². The van der Waals surface area contributed by atoms with Crippen molar-refractivity contribution in [1.82, 2.24) is 9.80 Å². The molecule has 2 heterocycles. The van der Waals surface area contributed by atoms with E-state index in [1.807, 2.05) is 41.0 Å². The van der Waals surface area contributed by atoms with Crippen LogP contribution in [0.4, 0.5) is 18.9 Å². The number of rotatable bonds is 3. The molecule has 0 spiro atoms. The van der Waals surface area contributed by atoms with Crippen molar-refractivity contribution in [2.24, 2.45) is 0 Å². The van der Waals surface area contributed by atoms with Gasteiger partial charge in [-0.25, -0.2) is 0 Å². The van der Waals surface area contributed by atoms with Gasteiger partial charge in [0.1, 0.15) is 0 Å². The van der Waals surface area contributed by atoms with Crippen LogP contribution in [0.2, 0.25) is 0 Å². The van der Waals surface area contributed by atoms with Gasteiger partial charge in [0, 0.05) is 37.9 Å². The van der Waals surface area contributed by atoms with Gasteiger partial charge >= 0.3 is 6.18 Å². The molecule has 0 bridgehead atoms. The Morgan fingerprint density at radius 2 is 1.62 bits per heavy atom. The first-order valence-electron chi connectivity index (χ1n) is 10.8. The Labute approximate surface area is 185 Å². The Hall–Kier alpha value is -2.87. The largest absolute Gasteiger partial charge is 0.417 e. The maximum atomic E-state index is 13.3. The van der Waals surface area contributed by atoms with Gasteiger partial charge in [0.25, 0.3) is 5.91 Å². The number of aryl methyl sites for hydroxylation is 1. The number of hydrogen-bond donors (Lipinski definition) is 0. The number of para-hydroxylation sites is 1. The Kier molecular flexibility index (Phi) is 6.24. The quantitative estimate of drug-likeness (QED) is 0.721. The maximum absolute atomic E-state index is 13.3. The van der Waals surface area contributed by atoms with Gasteiger partial charge in [0.15, 0.2) is 0 Å². The highest BCUT2D eigenvalue weighted by atomic mass is 19.4. The minimum absolute atomic E-state index is 0.00634. The third kappa shape index (κ3) is 4.50. The number of carbonyl (C=O) groups excluding carboxylic acids is 2. The van der Waals surface area contributed by atoms with Crippen LogP contribution >= 0.6 is 0 Å². The number of anilines is 1. The summed E-state index contributed by atoms with van der Waals surface area (Å²) in [6.45, 7) is 3.71. The van der Waals surface area contributed by atoms with Crippen molar-refractivity contribution < 1.29 is 22.8 Å². The van der Waals surface area contributed by atoms with Gasteiger partial charge in [0.05, 0.1) is 17.7 Å². The van der Waals surface area contributed by atoms with Crippen molar-refractivity contribution >= 4 is 17.5 Å². The van der Waals surface area contributed by atoms with Gasteiger partial charge in [-0.2, -0.15) is 13.2 Å². The van der Waals surface area contributed by atoms with E-state index < -0.39 is 17.6 Å². The van der Waals surface area contributed by atoms with Gasteiger partial charge in [-0.1, -0.05) is 30.3 Å². The van der Waals surface area contributed by atoms with Crippen LogP contribution in [0.3, 0.4) is 0 Å². The second kappa shape index (κ2) is 8.94. The van der Waals surface area contributed by atoms with E-state index in [0.29, 0.717) is 13.1 Å². The predicted octanol–water partition coefficient (Wildman–Crippen LogP) is 3.83. The van der Waals surface area contributed by atoms with Gasteiger partial charge < -0.3 is 9.80 Å². The molecule has 2 amide bonds. The van der Waals surface area contributed by atoms with E-state index in [1.165, 1.54) is 23.1 Å². The van der Waals surface area contributed by atoms with E-state index >= 15 is 0 Å². The molecular formula is C24H26F3N3O2. The SMILES string of the molecule is CC1CCc2ccccc2N1C(=O)CN1CCN(C(=O)c2ccccc2C(F)(F)F)CC1. The molecule has 8 heteroatoms. The normalized spacial score (nSPS) is 19.6.